The van der Waals surface area contributed by atoms with Crippen molar-refractivity contribution in [3.63, 3.8) is 0 Å². The highest BCUT2D eigenvalue weighted by Gasteiger charge is 2.45. The summed E-state index contributed by atoms with van der Waals surface area (Å²) in [6.07, 6.45) is 0.731. The zero-order valence-corrected chi connectivity index (χ0v) is 12.6. The Labute approximate surface area is 106 Å². The van der Waals surface area contributed by atoms with Crippen molar-refractivity contribution in [1.82, 2.24) is 0 Å². The number of rotatable bonds is 10. The van der Waals surface area contributed by atoms with E-state index in [2.05, 4.69) is 0 Å². The second kappa shape index (κ2) is 8.18. The van der Waals surface area contributed by atoms with Crippen LogP contribution in [0.2, 0.25) is 6.04 Å². The van der Waals surface area contributed by atoms with Gasteiger partial charge in [-0.05, 0) is 40.7 Å². The van der Waals surface area contributed by atoms with E-state index in [4.69, 9.17) is 24.7 Å². The monoisotopic (exact) mass is 264 g/mol. The van der Waals surface area contributed by atoms with Crippen LogP contribution in [0.5, 0.6) is 0 Å². The zero-order chi connectivity index (χ0) is 13.4. The molecule has 0 aliphatic carbocycles. The maximum absolute atomic E-state index is 6.22. The molecule has 1 unspecified atom stereocenters. The summed E-state index contributed by atoms with van der Waals surface area (Å²) >= 11 is 0. The molecule has 0 fully saturated rings. The molecular weight excluding hydrogens is 236 g/mol. The molecule has 0 spiro atoms. The van der Waals surface area contributed by atoms with Gasteiger partial charge in [-0.3, -0.25) is 0 Å². The summed E-state index contributed by atoms with van der Waals surface area (Å²) < 4.78 is 17.3. The van der Waals surface area contributed by atoms with Gasteiger partial charge in [0.2, 0.25) is 0 Å². The molecule has 4 N–H and O–H groups in total. The van der Waals surface area contributed by atoms with E-state index in [0.29, 0.717) is 32.4 Å². The Kier molecular flexibility index (Phi) is 8.19. The second-order valence-electron chi connectivity index (χ2n) is 4.35. The van der Waals surface area contributed by atoms with Crippen LogP contribution in [0.1, 0.15) is 34.1 Å². The molecule has 0 aromatic carbocycles. The molecular formula is C11H28N2O3Si. The van der Waals surface area contributed by atoms with Gasteiger partial charge in [0, 0.05) is 31.4 Å². The Bertz CT molecular complexity index is 186. The van der Waals surface area contributed by atoms with Gasteiger partial charge in [0.1, 0.15) is 0 Å². The fourth-order valence-corrected chi connectivity index (χ4v) is 4.89. The van der Waals surface area contributed by atoms with Gasteiger partial charge in [-0.1, -0.05) is 0 Å². The van der Waals surface area contributed by atoms with Crippen molar-refractivity contribution in [2.45, 2.75) is 45.7 Å². The fraction of sp³-hybridized carbons (Fsp3) is 1.00. The normalized spacial score (nSPS) is 15.9. The molecule has 0 saturated heterocycles. The van der Waals surface area contributed by atoms with Crippen LogP contribution in [0.3, 0.4) is 0 Å². The van der Waals surface area contributed by atoms with Crippen molar-refractivity contribution in [2.75, 3.05) is 26.4 Å². The van der Waals surface area contributed by atoms with Gasteiger partial charge in [0.25, 0.3) is 0 Å². The van der Waals surface area contributed by atoms with Gasteiger partial charge >= 0.3 is 8.80 Å². The predicted octanol–water partition coefficient (Wildman–Crippen LogP) is 1.10. The van der Waals surface area contributed by atoms with Crippen LogP contribution in [0, 0.1) is 0 Å². The van der Waals surface area contributed by atoms with Crippen molar-refractivity contribution in [3.05, 3.63) is 0 Å². The van der Waals surface area contributed by atoms with Gasteiger partial charge in [-0.2, -0.15) is 0 Å². The van der Waals surface area contributed by atoms with Crippen LogP contribution in [-0.2, 0) is 13.3 Å². The van der Waals surface area contributed by atoms with Crippen molar-refractivity contribution in [2.24, 2.45) is 11.5 Å². The topological polar surface area (TPSA) is 79.7 Å². The number of hydrogen-bond donors (Lipinski definition) is 2. The molecule has 0 aliphatic heterocycles. The van der Waals surface area contributed by atoms with Gasteiger partial charge < -0.3 is 24.7 Å². The molecule has 0 aromatic rings. The third kappa shape index (κ3) is 6.49. The highest BCUT2D eigenvalue weighted by molar-refractivity contribution is 6.61. The minimum atomic E-state index is -2.65. The first kappa shape index (κ1) is 17.0. The molecule has 104 valence electrons. The molecule has 0 radical (unpaired) electrons. The SMILES string of the molecule is CCO[Si](CC(C)(N)CCN)(OCC)OCC. The molecule has 0 bridgehead atoms. The van der Waals surface area contributed by atoms with Crippen molar-refractivity contribution >= 4 is 8.80 Å². The highest BCUT2D eigenvalue weighted by Crippen LogP contribution is 2.24. The molecule has 0 rings (SSSR count). The smallest absolute Gasteiger partial charge is 0.374 e. The lowest BCUT2D eigenvalue weighted by Crippen LogP contribution is -2.54. The van der Waals surface area contributed by atoms with E-state index in [1.54, 1.807) is 0 Å². The first-order chi connectivity index (χ1) is 7.95. The van der Waals surface area contributed by atoms with Gasteiger partial charge in [-0.15, -0.1) is 0 Å². The Morgan fingerprint density at radius 3 is 1.71 bits per heavy atom. The lowest BCUT2D eigenvalue weighted by molar-refractivity contribution is 0.0657. The molecule has 0 aromatic heterocycles. The lowest BCUT2D eigenvalue weighted by Gasteiger charge is -2.35. The Balaban J connectivity index is 4.74. The summed E-state index contributed by atoms with van der Waals surface area (Å²) in [6.45, 7) is 10.1. The first-order valence-electron chi connectivity index (χ1n) is 6.36. The largest absolute Gasteiger partial charge is 0.502 e. The molecule has 6 heteroatoms. The maximum Gasteiger partial charge on any atom is 0.502 e. The summed E-state index contributed by atoms with van der Waals surface area (Å²) in [4.78, 5) is 0. The fourth-order valence-electron chi connectivity index (χ4n) is 1.85. The summed E-state index contributed by atoms with van der Waals surface area (Å²) in [5.74, 6) is 0. The van der Waals surface area contributed by atoms with E-state index in [-0.39, 0.29) is 0 Å². The van der Waals surface area contributed by atoms with Crippen LogP contribution in [0.25, 0.3) is 0 Å². The first-order valence-corrected chi connectivity index (χ1v) is 8.29. The molecule has 0 heterocycles. The summed E-state index contributed by atoms with van der Waals surface area (Å²) in [7, 11) is -2.65. The van der Waals surface area contributed by atoms with Gasteiger partial charge in [0.05, 0.1) is 0 Å². The van der Waals surface area contributed by atoms with Crippen LogP contribution >= 0.6 is 0 Å². The van der Waals surface area contributed by atoms with E-state index in [0.717, 1.165) is 6.42 Å². The molecule has 17 heavy (non-hydrogen) atoms. The third-order valence-corrected chi connectivity index (χ3v) is 5.85. The van der Waals surface area contributed by atoms with Crippen LogP contribution in [0.15, 0.2) is 0 Å². The summed E-state index contributed by atoms with van der Waals surface area (Å²) in [5.41, 5.74) is 11.4. The maximum atomic E-state index is 6.22. The van der Waals surface area contributed by atoms with Gasteiger partial charge in [-0.25, -0.2) is 0 Å². The molecule has 1 atom stereocenters. The van der Waals surface area contributed by atoms with Crippen LogP contribution < -0.4 is 11.5 Å². The van der Waals surface area contributed by atoms with E-state index >= 15 is 0 Å². The number of hydrogen-bond acceptors (Lipinski definition) is 5. The van der Waals surface area contributed by atoms with Crippen molar-refractivity contribution < 1.29 is 13.3 Å². The lowest BCUT2D eigenvalue weighted by atomic mass is 10.0. The Morgan fingerprint density at radius 2 is 1.41 bits per heavy atom. The minimum Gasteiger partial charge on any atom is -0.374 e. The second-order valence-corrected chi connectivity index (χ2v) is 6.94. The Morgan fingerprint density at radius 1 is 1.00 bits per heavy atom. The quantitative estimate of drug-likeness (QED) is 0.578. The third-order valence-electron chi connectivity index (χ3n) is 2.43. The predicted molar refractivity (Wildman–Crippen MR) is 71.7 cm³/mol. The number of nitrogens with two attached hydrogens (primary N) is 2. The molecule has 5 nitrogen and oxygen atoms in total. The van der Waals surface area contributed by atoms with E-state index in [9.17, 15) is 0 Å². The van der Waals surface area contributed by atoms with Crippen molar-refractivity contribution in [1.29, 1.82) is 0 Å². The van der Waals surface area contributed by atoms with Crippen molar-refractivity contribution in [3.8, 4) is 0 Å². The van der Waals surface area contributed by atoms with E-state index < -0.39 is 14.3 Å². The minimum absolute atomic E-state index is 0.402. The van der Waals surface area contributed by atoms with Crippen LogP contribution in [0.4, 0.5) is 0 Å². The summed E-state index contributed by atoms with van der Waals surface area (Å²) in [6, 6.07) is 0.604. The zero-order valence-electron chi connectivity index (χ0n) is 11.6. The molecule has 0 saturated carbocycles. The summed E-state index contributed by atoms with van der Waals surface area (Å²) in [5, 5.41) is 0. The van der Waals surface area contributed by atoms with E-state index in [1.165, 1.54) is 0 Å². The standard InChI is InChI=1S/C11H28N2O3Si/c1-5-14-17(15-6-2,16-7-3)10-11(4,13)8-9-12/h5-10,12-13H2,1-4H3. The van der Waals surface area contributed by atoms with E-state index in [1.807, 2.05) is 27.7 Å². The average Bonchev–Trinajstić information content (AvgIpc) is 2.17. The molecule has 0 amide bonds. The Hall–Kier alpha value is 0.0169. The average molecular weight is 264 g/mol. The molecule has 0 aliphatic rings. The highest BCUT2D eigenvalue weighted by atomic mass is 28.4. The van der Waals surface area contributed by atoms with Gasteiger partial charge in [0.15, 0.2) is 0 Å². The van der Waals surface area contributed by atoms with Crippen LogP contribution in [-0.4, -0.2) is 40.7 Å².